The lowest BCUT2D eigenvalue weighted by Gasteiger charge is -2.19. The maximum Gasteiger partial charge on any atom is 0.326 e. The quantitative estimate of drug-likeness (QED) is 0.319. The summed E-state index contributed by atoms with van der Waals surface area (Å²) in [5.74, 6) is 1.13. The van der Waals surface area contributed by atoms with Gasteiger partial charge in [0.25, 0.3) is 5.89 Å². The van der Waals surface area contributed by atoms with E-state index < -0.39 is 0 Å². The molecule has 1 aliphatic rings. The molecule has 5 aromatic rings. The van der Waals surface area contributed by atoms with Crippen molar-refractivity contribution in [3.63, 3.8) is 0 Å². The van der Waals surface area contributed by atoms with Crippen molar-refractivity contribution in [3.8, 4) is 28.3 Å². The first-order valence-corrected chi connectivity index (χ1v) is 12.5. The Morgan fingerprint density at radius 2 is 1.58 bits per heavy atom. The van der Waals surface area contributed by atoms with E-state index in [0.29, 0.717) is 17.2 Å². The summed E-state index contributed by atoms with van der Waals surface area (Å²) in [6.07, 6.45) is 0. The van der Waals surface area contributed by atoms with E-state index in [0.717, 1.165) is 22.4 Å². The van der Waals surface area contributed by atoms with Gasteiger partial charge in [0.1, 0.15) is 16.8 Å². The molecule has 1 amide bonds. The summed E-state index contributed by atoms with van der Waals surface area (Å²) in [5, 5.41) is 15.7. The summed E-state index contributed by atoms with van der Waals surface area (Å²) < 4.78 is 12.1. The molecular weight excluding hydrogens is 474 g/mol. The number of aromatic amines is 1. The molecule has 6 rings (SSSR count). The molecule has 3 aromatic carbocycles. The molecule has 8 nitrogen and oxygen atoms in total. The number of nitrogens with one attached hydrogen (secondary N) is 1. The Kier molecular flexibility index (Phi) is 5.96. The van der Waals surface area contributed by atoms with Crippen LogP contribution in [0.2, 0.25) is 0 Å². The number of hydrogen-bond acceptors (Lipinski definition) is 7. The van der Waals surface area contributed by atoms with Crippen LogP contribution in [0.3, 0.4) is 0 Å². The summed E-state index contributed by atoms with van der Waals surface area (Å²) in [4.78, 5) is 14.2. The monoisotopic (exact) mass is 495 g/mol. The highest BCUT2D eigenvalue weighted by Gasteiger charge is 2.37. The van der Waals surface area contributed by atoms with Crippen molar-refractivity contribution in [3.05, 3.63) is 102 Å². The summed E-state index contributed by atoms with van der Waals surface area (Å²) in [7, 11) is 0. The highest BCUT2D eigenvalue weighted by atomic mass is 32.2. The van der Waals surface area contributed by atoms with Crippen molar-refractivity contribution >= 4 is 23.7 Å². The van der Waals surface area contributed by atoms with Crippen LogP contribution in [-0.2, 0) is 11.4 Å². The highest BCUT2D eigenvalue weighted by Crippen LogP contribution is 2.41. The van der Waals surface area contributed by atoms with Gasteiger partial charge in [-0.1, -0.05) is 96.1 Å². The van der Waals surface area contributed by atoms with Crippen molar-refractivity contribution in [2.75, 3.05) is 10.7 Å². The smallest absolute Gasteiger partial charge is 0.326 e. The van der Waals surface area contributed by atoms with E-state index in [2.05, 4.69) is 20.4 Å². The lowest BCUT2D eigenvalue weighted by atomic mass is 10.1. The van der Waals surface area contributed by atoms with Crippen LogP contribution >= 0.6 is 11.8 Å². The average Bonchev–Trinajstić information content (AvgIpc) is 3.67. The highest BCUT2D eigenvalue weighted by molar-refractivity contribution is 8.00. The molecule has 1 aliphatic heterocycles. The minimum atomic E-state index is -0.212. The van der Waals surface area contributed by atoms with E-state index in [1.807, 2.05) is 91.0 Å². The first kappa shape index (κ1) is 22.1. The second-order valence-electron chi connectivity index (χ2n) is 8.11. The van der Waals surface area contributed by atoms with E-state index in [1.165, 1.54) is 11.8 Å². The number of rotatable bonds is 7. The van der Waals surface area contributed by atoms with E-state index in [9.17, 15) is 4.79 Å². The van der Waals surface area contributed by atoms with Crippen molar-refractivity contribution in [1.29, 1.82) is 0 Å². The minimum Gasteiger partial charge on any atom is -0.479 e. The Bertz CT molecular complexity index is 1410. The van der Waals surface area contributed by atoms with Crippen molar-refractivity contribution in [1.82, 2.24) is 20.4 Å². The van der Waals surface area contributed by atoms with E-state index in [1.54, 1.807) is 4.90 Å². The second kappa shape index (κ2) is 9.71. The fourth-order valence-electron chi connectivity index (χ4n) is 4.09. The predicted octanol–water partition coefficient (Wildman–Crippen LogP) is 5.48. The van der Waals surface area contributed by atoms with Crippen LogP contribution in [0.4, 0.5) is 6.01 Å². The standard InChI is InChI=1S/C27H21N5O3S/c33-22-17-36-26(20-14-8-3-9-15-20)32(22)27-31-28-21(35-27)16-34-25-23(18-10-4-1-5-11-18)29-30-24(25)19-12-6-2-7-13-19/h1-15,26H,16-17H2,(H,29,30). The van der Waals surface area contributed by atoms with Gasteiger partial charge in [0.2, 0.25) is 5.91 Å². The number of carbonyl (C=O) groups is 1. The molecule has 3 heterocycles. The molecule has 1 unspecified atom stereocenters. The molecule has 0 spiro atoms. The van der Waals surface area contributed by atoms with Gasteiger partial charge in [-0.25, -0.2) is 4.90 Å². The van der Waals surface area contributed by atoms with Crippen LogP contribution < -0.4 is 9.64 Å². The number of aromatic nitrogens is 4. The van der Waals surface area contributed by atoms with Crippen LogP contribution in [0, 0.1) is 0 Å². The lowest BCUT2D eigenvalue weighted by Crippen LogP contribution is -2.28. The van der Waals surface area contributed by atoms with Crippen LogP contribution in [0.25, 0.3) is 22.5 Å². The molecule has 0 aliphatic carbocycles. The topological polar surface area (TPSA) is 97.1 Å². The normalized spacial score (nSPS) is 15.4. The van der Waals surface area contributed by atoms with Gasteiger partial charge >= 0.3 is 6.01 Å². The Balaban J connectivity index is 1.27. The van der Waals surface area contributed by atoms with Gasteiger partial charge in [0.15, 0.2) is 12.4 Å². The van der Waals surface area contributed by atoms with Gasteiger partial charge in [-0.2, -0.15) is 5.10 Å². The molecule has 36 heavy (non-hydrogen) atoms. The number of amides is 1. The molecule has 1 fully saturated rings. The van der Waals surface area contributed by atoms with Crippen LogP contribution in [0.5, 0.6) is 5.75 Å². The number of anilines is 1. The van der Waals surface area contributed by atoms with Crippen LogP contribution in [-0.4, -0.2) is 32.1 Å². The fourth-order valence-corrected chi connectivity index (χ4v) is 5.24. The molecule has 1 saturated heterocycles. The Morgan fingerprint density at radius 1 is 0.917 bits per heavy atom. The molecular formula is C27H21N5O3S. The third kappa shape index (κ3) is 4.25. The largest absolute Gasteiger partial charge is 0.479 e. The Morgan fingerprint density at radius 3 is 2.31 bits per heavy atom. The molecule has 1 N–H and O–H groups in total. The van der Waals surface area contributed by atoms with Crippen LogP contribution in [0.1, 0.15) is 16.8 Å². The Labute approximate surface area is 211 Å². The van der Waals surface area contributed by atoms with Gasteiger partial charge in [-0.15, -0.1) is 16.9 Å². The zero-order valence-electron chi connectivity index (χ0n) is 19.1. The minimum absolute atomic E-state index is 0.0252. The number of thioether (sulfide) groups is 1. The maximum atomic E-state index is 12.6. The van der Waals surface area contributed by atoms with E-state index in [4.69, 9.17) is 9.15 Å². The van der Waals surface area contributed by atoms with Crippen molar-refractivity contribution in [2.45, 2.75) is 12.0 Å². The van der Waals surface area contributed by atoms with Gasteiger partial charge < -0.3 is 9.15 Å². The Hall–Kier alpha value is -4.37. The molecule has 9 heteroatoms. The van der Waals surface area contributed by atoms with Crippen LogP contribution in [0.15, 0.2) is 95.4 Å². The number of ether oxygens (including phenoxy) is 1. The summed E-state index contributed by atoms with van der Waals surface area (Å²) in [5.41, 5.74) is 4.30. The first-order chi connectivity index (χ1) is 17.8. The van der Waals surface area contributed by atoms with Gasteiger partial charge in [0.05, 0.1) is 5.75 Å². The molecule has 178 valence electrons. The second-order valence-corrected chi connectivity index (χ2v) is 9.18. The molecule has 0 bridgehead atoms. The maximum absolute atomic E-state index is 12.6. The molecule has 1 atom stereocenters. The molecule has 0 saturated carbocycles. The number of nitrogens with zero attached hydrogens (tertiary/aromatic N) is 4. The summed E-state index contributed by atoms with van der Waals surface area (Å²) in [6.45, 7) is 0.0252. The predicted molar refractivity (Wildman–Crippen MR) is 137 cm³/mol. The summed E-state index contributed by atoms with van der Waals surface area (Å²) in [6, 6.07) is 29.6. The van der Waals surface area contributed by atoms with Gasteiger partial charge in [-0.3, -0.25) is 9.89 Å². The SMILES string of the molecule is O=C1CSC(c2ccccc2)N1c1nnc(COc2c(-c3ccccc3)n[nH]c2-c2ccccc2)o1. The fraction of sp³-hybridized carbons (Fsp3) is 0.111. The van der Waals surface area contributed by atoms with Gasteiger partial charge in [-0.05, 0) is 5.56 Å². The molecule has 2 aromatic heterocycles. The number of carbonyl (C=O) groups excluding carboxylic acids is 1. The number of hydrogen-bond donors (Lipinski definition) is 1. The van der Waals surface area contributed by atoms with E-state index in [-0.39, 0.29) is 29.8 Å². The zero-order chi connectivity index (χ0) is 24.3. The van der Waals surface area contributed by atoms with E-state index >= 15 is 0 Å². The number of H-pyrrole nitrogens is 1. The number of benzene rings is 3. The average molecular weight is 496 g/mol. The first-order valence-electron chi connectivity index (χ1n) is 11.4. The molecule has 0 radical (unpaired) electrons. The lowest BCUT2D eigenvalue weighted by molar-refractivity contribution is -0.116. The third-order valence-electron chi connectivity index (χ3n) is 5.79. The third-order valence-corrected chi connectivity index (χ3v) is 7.00. The van der Waals surface area contributed by atoms with Crippen molar-refractivity contribution in [2.24, 2.45) is 0 Å². The van der Waals surface area contributed by atoms with Crippen molar-refractivity contribution < 1.29 is 13.9 Å². The summed E-state index contributed by atoms with van der Waals surface area (Å²) >= 11 is 1.53. The zero-order valence-corrected chi connectivity index (χ0v) is 19.9. The van der Waals surface area contributed by atoms with Gasteiger partial charge in [0, 0.05) is 11.1 Å².